The first-order valence-corrected chi connectivity index (χ1v) is 10.6. The van der Waals surface area contributed by atoms with Crippen LogP contribution in [0.5, 0.6) is 0 Å². The van der Waals surface area contributed by atoms with Crippen molar-refractivity contribution in [2.24, 2.45) is 23.2 Å². The lowest BCUT2D eigenvalue weighted by atomic mass is 9.49. The maximum Gasteiger partial charge on any atom is 0.268 e. The van der Waals surface area contributed by atoms with Gasteiger partial charge in [0.25, 0.3) is 5.91 Å². The first kappa shape index (κ1) is 16.1. The maximum atomic E-state index is 12.8. The monoisotopic (exact) mass is 348 g/mol. The Morgan fingerprint density at radius 1 is 1.21 bits per heavy atom. The van der Waals surface area contributed by atoms with Gasteiger partial charge in [-0.05, 0) is 73.8 Å². The van der Waals surface area contributed by atoms with E-state index in [-0.39, 0.29) is 5.41 Å². The van der Waals surface area contributed by atoms with E-state index in [0.717, 1.165) is 47.6 Å². The number of amides is 1. The predicted molar refractivity (Wildman–Crippen MR) is 90.7 cm³/mol. The predicted octanol–water partition coefficient (Wildman–Crippen LogP) is 2.70. The third-order valence-electron chi connectivity index (χ3n) is 6.18. The Bertz CT molecular complexity index is 710. The van der Waals surface area contributed by atoms with Crippen molar-refractivity contribution in [3.05, 3.63) is 30.1 Å². The molecule has 24 heavy (non-hydrogen) atoms. The highest BCUT2D eigenvalue weighted by atomic mass is 32.2. The molecule has 0 aliphatic heterocycles. The molecule has 0 aromatic carbocycles. The Kier molecular flexibility index (Phi) is 3.71. The number of hydrogen-bond acceptors (Lipinski definition) is 4. The van der Waals surface area contributed by atoms with Gasteiger partial charge in [-0.2, -0.15) is 0 Å². The van der Waals surface area contributed by atoms with Gasteiger partial charge in [-0.3, -0.25) is 9.78 Å². The van der Waals surface area contributed by atoms with Gasteiger partial charge < -0.3 is 0 Å². The van der Waals surface area contributed by atoms with Crippen molar-refractivity contribution in [3.63, 3.8) is 0 Å². The van der Waals surface area contributed by atoms with Crippen LogP contribution in [0, 0.1) is 23.2 Å². The molecule has 0 atom stereocenters. The highest BCUT2D eigenvalue weighted by molar-refractivity contribution is 7.88. The highest BCUT2D eigenvalue weighted by Gasteiger charge is 2.52. The number of carbonyl (C=O) groups is 1. The number of rotatable bonds is 4. The van der Waals surface area contributed by atoms with Gasteiger partial charge in [0.05, 0.1) is 11.8 Å². The first-order chi connectivity index (χ1) is 11.3. The zero-order chi connectivity index (χ0) is 16.9. The second-order valence-corrected chi connectivity index (χ2v) is 10.1. The van der Waals surface area contributed by atoms with E-state index in [0.29, 0.717) is 12.1 Å². The number of nitrogens with zero attached hydrogens (tertiary/aromatic N) is 2. The summed E-state index contributed by atoms with van der Waals surface area (Å²) < 4.78 is 25.8. The molecule has 1 amide bonds. The second-order valence-electron chi connectivity index (χ2n) is 8.23. The summed E-state index contributed by atoms with van der Waals surface area (Å²) in [6.07, 6.45) is 11.3. The highest BCUT2D eigenvalue weighted by Crippen LogP contribution is 2.60. The molecular weight excluding hydrogens is 324 g/mol. The average molecular weight is 348 g/mol. The zero-order valence-corrected chi connectivity index (χ0v) is 14.8. The van der Waals surface area contributed by atoms with E-state index in [4.69, 9.17) is 0 Å². The summed E-state index contributed by atoms with van der Waals surface area (Å²) in [5, 5.41) is 0. The molecular formula is C18H24N2O3S. The third-order valence-corrected chi connectivity index (χ3v) is 7.28. The minimum Gasteiger partial charge on any atom is -0.268 e. The summed E-state index contributed by atoms with van der Waals surface area (Å²) in [4.78, 5) is 16.8. The van der Waals surface area contributed by atoms with E-state index in [9.17, 15) is 13.2 Å². The molecule has 130 valence electrons. The number of hydrogen-bond donors (Lipinski definition) is 0. The number of aromatic nitrogens is 1. The molecule has 0 saturated heterocycles. The zero-order valence-electron chi connectivity index (χ0n) is 14.0. The fraction of sp³-hybridized carbons (Fsp3) is 0.667. The second kappa shape index (κ2) is 5.55. The van der Waals surface area contributed by atoms with E-state index in [1.807, 2.05) is 0 Å². The molecule has 5 nitrogen and oxygen atoms in total. The molecule has 0 N–H and O–H groups in total. The van der Waals surface area contributed by atoms with Crippen molar-refractivity contribution in [2.45, 2.75) is 38.5 Å². The molecule has 0 radical (unpaired) electrons. The van der Waals surface area contributed by atoms with Crippen molar-refractivity contribution in [1.82, 2.24) is 9.29 Å². The fourth-order valence-corrected chi connectivity index (χ4v) is 6.68. The third kappa shape index (κ3) is 2.85. The van der Waals surface area contributed by atoms with E-state index in [1.165, 1.54) is 25.5 Å². The van der Waals surface area contributed by atoms with Gasteiger partial charge in [-0.1, -0.05) is 0 Å². The van der Waals surface area contributed by atoms with Crippen molar-refractivity contribution in [3.8, 4) is 0 Å². The molecule has 1 aromatic heterocycles. The van der Waals surface area contributed by atoms with Gasteiger partial charge >= 0.3 is 0 Å². The summed E-state index contributed by atoms with van der Waals surface area (Å²) in [6.45, 7) is 0.336. The minimum atomic E-state index is -3.60. The Hall–Kier alpha value is -1.43. The van der Waals surface area contributed by atoms with Gasteiger partial charge in [0, 0.05) is 18.9 Å². The number of carbonyl (C=O) groups excluding carboxylic acids is 1. The SMILES string of the molecule is CS(=O)(=O)N(CC12CC3CC(CC(C3)C1)C2)C(=O)c1cccnc1. The number of pyridine rings is 1. The summed E-state index contributed by atoms with van der Waals surface area (Å²) in [5.74, 6) is 1.74. The molecule has 5 rings (SSSR count). The van der Waals surface area contributed by atoms with E-state index >= 15 is 0 Å². The lowest BCUT2D eigenvalue weighted by Gasteiger charge is -2.57. The number of sulfonamides is 1. The van der Waals surface area contributed by atoms with Crippen LogP contribution in [0.2, 0.25) is 0 Å². The van der Waals surface area contributed by atoms with Crippen LogP contribution in [-0.4, -0.2) is 36.4 Å². The van der Waals surface area contributed by atoms with Gasteiger partial charge in [0.1, 0.15) is 0 Å². The molecule has 6 heteroatoms. The van der Waals surface area contributed by atoms with E-state index in [1.54, 1.807) is 18.3 Å². The van der Waals surface area contributed by atoms with E-state index in [2.05, 4.69) is 4.98 Å². The lowest BCUT2D eigenvalue weighted by Crippen LogP contribution is -2.53. The smallest absolute Gasteiger partial charge is 0.268 e. The van der Waals surface area contributed by atoms with Crippen LogP contribution in [0.15, 0.2) is 24.5 Å². The maximum absolute atomic E-state index is 12.8. The summed E-state index contributed by atoms with van der Waals surface area (Å²) >= 11 is 0. The minimum absolute atomic E-state index is 0.00427. The van der Waals surface area contributed by atoms with Crippen molar-refractivity contribution in [2.75, 3.05) is 12.8 Å². The van der Waals surface area contributed by atoms with Crippen LogP contribution in [0.25, 0.3) is 0 Å². The Labute approximate surface area is 143 Å². The molecule has 4 fully saturated rings. The van der Waals surface area contributed by atoms with Gasteiger partial charge in [0.2, 0.25) is 10.0 Å². The normalized spacial score (nSPS) is 34.3. The van der Waals surface area contributed by atoms with Crippen LogP contribution < -0.4 is 0 Å². The Balaban J connectivity index is 1.63. The first-order valence-electron chi connectivity index (χ1n) is 8.77. The van der Waals surface area contributed by atoms with E-state index < -0.39 is 15.9 Å². The Morgan fingerprint density at radius 2 is 1.79 bits per heavy atom. The average Bonchev–Trinajstić information content (AvgIpc) is 2.50. The molecule has 4 aliphatic carbocycles. The summed E-state index contributed by atoms with van der Waals surface area (Å²) in [7, 11) is -3.60. The standard InChI is InChI=1S/C18H24N2O3S/c1-24(22,23)20(17(21)16-3-2-4-19-11-16)12-18-8-13-5-14(9-18)7-15(6-13)10-18/h2-4,11,13-15H,5-10,12H2,1H3. The quantitative estimate of drug-likeness (QED) is 0.839. The molecule has 4 saturated carbocycles. The van der Waals surface area contributed by atoms with Crippen molar-refractivity contribution in [1.29, 1.82) is 0 Å². The lowest BCUT2D eigenvalue weighted by molar-refractivity contribution is -0.0579. The molecule has 1 heterocycles. The Morgan fingerprint density at radius 3 is 2.25 bits per heavy atom. The van der Waals surface area contributed by atoms with Gasteiger partial charge in [-0.15, -0.1) is 0 Å². The summed E-state index contributed by atoms with van der Waals surface area (Å²) in [5.41, 5.74) is 0.336. The molecule has 0 unspecified atom stereocenters. The van der Waals surface area contributed by atoms with Crippen LogP contribution in [0.1, 0.15) is 48.9 Å². The molecule has 0 spiro atoms. The summed E-state index contributed by atoms with van der Waals surface area (Å²) in [6, 6.07) is 3.30. The van der Waals surface area contributed by atoms with Gasteiger partial charge in [0.15, 0.2) is 0 Å². The van der Waals surface area contributed by atoms with Crippen LogP contribution in [-0.2, 0) is 10.0 Å². The largest absolute Gasteiger partial charge is 0.268 e. The van der Waals surface area contributed by atoms with Gasteiger partial charge in [-0.25, -0.2) is 12.7 Å². The molecule has 4 bridgehead atoms. The fourth-order valence-electron chi connectivity index (χ4n) is 5.76. The van der Waals surface area contributed by atoms with Crippen molar-refractivity contribution >= 4 is 15.9 Å². The topological polar surface area (TPSA) is 67.3 Å². The van der Waals surface area contributed by atoms with Crippen molar-refractivity contribution < 1.29 is 13.2 Å². The van der Waals surface area contributed by atoms with Crippen LogP contribution >= 0.6 is 0 Å². The molecule has 1 aromatic rings. The van der Waals surface area contributed by atoms with Crippen LogP contribution in [0.3, 0.4) is 0 Å². The molecule has 4 aliphatic rings. The van der Waals surface area contributed by atoms with Crippen LogP contribution in [0.4, 0.5) is 0 Å².